The number of aryl methyl sites for hydroxylation is 1. The molecular weight excluding hydrogens is 204 g/mol. The average Bonchev–Trinajstić information content (AvgIpc) is 2.66. The minimum absolute atomic E-state index is 0.248. The van der Waals surface area contributed by atoms with Crippen LogP contribution in [0.25, 0.3) is 0 Å². The van der Waals surface area contributed by atoms with Gasteiger partial charge in [-0.25, -0.2) is 0 Å². The maximum absolute atomic E-state index is 11.6. The first-order valence-electron chi connectivity index (χ1n) is 5.19. The van der Waals surface area contributed by atoms with Crippen molar-refractivity contribution in [2.24, 2.45) is 0 Å². The van der Waals surface area contributed by atoms with Gasteiger partial charge in [-0.15, -0.1) is 11.8 Å². The highest BCUT2D eigenvalue weighted by atomic mass is 16.1. The molecule has 0 unspecified atom stereocenters. The molecule has 0 saturated heterocycles. The molecule has 0 spiro atoms. The van der Waals surface area contributed by atoms with E-state index in [0.717, 1.165) is 0 Å². The van der Waals surface area contributed by atoms with Gasteiger partial charge in [0.1, 0.15) is 0 Å². The number of amides is 1. The van der Waals surface area contributed by atoms with Gasteiger partial charge >= 0.3 is 0 Å². The standard InChI is InChI=1S/C11H16N4O/c1-3-5-6-7-13-11(16)10-9(12)8-15(4-2)14-10/h8H,4,6-7,12H2,1-2H3,(H,13,16). The number of nitrogens with two attached hydrogens (primary N) is 1. The van der Waals surface area contributed by atoms with E-state index in [1.807, 2.05) is 6.92 Å². The molecule has 86 valence electrons. The van der Waals surface area contributed by atoms with E-state index >= 15 is 0 Å². The second kappa shape index (κ2) is 5.81. The maximum Gasteiger partial charge on any atom is 0.273 e. The van der Waals surface area contributed by atoms with E-state index in [0.29, 0.717) is 25.2 Å². The first kappa shape index (κ1) is 12.1. The normalized spacial score (nSPS) is 9.38. The minimum atomic E-state index is -0.248. The van der Waals surface area contributed by atoms with Crippen LogP contribution in [-0.2, 0) is 6.54 Å². The van der Waals surface area contributed by atoms with Gasteiger partial charge in [-0.1, -0.05) is 0 Å². The molecule has 0 radical (unpaired) electrons. The molecule has 1 aromatic heterocycles. The Hall–Kier alpha value is -1.96. The number of anilines is 1. The first-order chi connectivity index (χ1) is 7.69. The monoisotopic (exact) mass is 220 g/mol. The molecule has 0 aliphatic carbocycles. The minimum Gasteiger partial charge on any atom is -0.396 e. The Kier molecular flexibility index (Phi) is 4.40. The van der Waals surface area contributed by atoms with Gasteiger partial charge in [0.05, 0.1) is 5.69 Å². The molecule has 0 saturated carbocycles. The highest BCUT2D eigenvalue weighted by Crippen LogP contribution is 2.08. The number of carbonyl (C=O) groups is 1. The van der Waals surface area contributed by atoms with E-state index in [4.69, 9.17) is 5.73 Å². The van der Waals surface area contributed by atoms with Crippen LogP contribution < -0.4 is 11.1 Å². The topological polar surface area (TPSA) is 72.9 Å². The Balaban J connectivity index is 2.57. The number of nitrogens with zero attached hydrogens (tertiary/aromatic N) is 2. The molecule has 5 nitrogen and oxygen atoms in total. The summed E-state index contributed by atoms with van der Waals surface area (Å²) in [6, 6.07) is 0. The van der Waals surface area contributed by atoms with Gasteiger partial charge in [0.25, 0.3) is 5.91 Å². The molecule has 0 fully saturated rings. The van der Waals surface area contributed by atoms with E-state index in [1.54, 1.807) is 17.8 Å². The molecule has 1 rings (SSSR count). The van der Waals surface area contributed by atoms with Gasteiger partial charge in [-0.2, -0.15) is 5.10 Å². The molecule has 0 aromatic carbocycles. The highest BCUT2D eigenvalue weighted by Gasteiger charge is 2.13. The van der Waals surface area contributed by atoms with Crippen molar-refractivity contribution in [2.75, 3.05) is 12.3 Å². The molecule has 1 amide bonds. The molecule has 5 heteroatoms. The number of carbonyl (C=O) groups excluding carboxylic acids is 1. The average molecular weight is 220 g/mol. The molecule has 1 heterocycles. The summed E-state index contributed by atoms with van der Waals surface area (Å²) < 4.78 is 1.64. The van der Waals surface area contributed by atoms with Crippen LogP contribution in [0.3, 0.4) is 0 Å². The van der Waals surface area contributed by atoms with Crippen LogP contribution in [0.5, 0.6) is 0 Å². The lowest BCUT2D eigenvalue weighted by Gasteiger charge is -2.00. The summed E-state index contributed by atoms with van der Waals surface area (Å²) in [4.78, 5) is 11.6. The van der Waals surface area contributed by atoms with Crippen LogP contribution in [0.1, 0.15) is 30.8 Å². The number of hydrogen-bond donors (Lipinski definition) is 2. The summed E-state index contributed by atoms with van der Waals surface area (Å²) >= 11 is 0. The van der Waals surface area contributed by atoms with Crippen LogP contribution in [0.15, 0.2) is 6.20 Å². The Labute approximate surface area is 95.0 Å². The zero-order valence-electron chi connectivity index (χ0n) is 9.58. The molecule has 0 aliphatic rings. The molecule has 0 aliphatic heterocycles. The van der Waals surface area contributed by atoms with Crippen LogP contribution in [-0.4, -0.2) is 22.2 Å². The fourth-order valence-corrected chi connectivity index (χ4v) is 1.22. The Bertz CT molecular complexity index is 425. The lowest BCUT2D eigenvalue weighted by Crippen LogP contribution is -2.25. The summed E-state index contributed by atoms with van der Waals surface area (Å²) in [6.07, 6.45) is 2.29. The lowest BCUT2D eigenvalue weighted by molar-refractivity contribution is 0.0949. The van der Waals surface area contributed by atoms with Crippen molar-refractivity contribution >= 4 is 11.6 Å². The van der Waals surface area contributed by atoms with E-state index in [1.165, 1.54) is 0 Å². The fourth-order valence-electron chi connectivity index (χ4n) is 1.22. The SMILES string of the molecule is CC#CCCNC(=O)c1nn(CC)cc1N. The van der Waals surface area contributed by atoms with Crippen molar-refractivity contribution in [1.29, 1.82) is 0 Å². The predicted molar refractivity (Wildman–Crippen MR) is 62.7 cm³/mol. The second-order valence-electron chi connectivity index (χ2n) is 3.22. The number of rotatable bonds is 4. The number of nitrogens with one attached hydrogen (secondary N) is 1. The first-order valence-corrected chi connectivity index (χ1v) is 5.19. The predicted octanol–water partition coefficient (Wildman–Crippen LogP) is 0.628. The van der Waals surface area contributed by atoms with Crippen LogP contribution in [0.2, 0.25) is 0 Å². The molecule has 16 heavy (non-hydrogen) atoms. The van der Waals surface area contributed by atoms with E-state index in [2.05, 4.69) is 22.3 Å². The number of hydrogen-bond acceptors (Lipinski definition) is 3. The summed E-state index contributed by atoms with van der Waals surface area (Å²) in [5.74, 6) is 5.38. The Morgan fingerprint density at radius 2 is 2.44 bits per heavy atom. The van der Waals surface area contributed by atoms with Gasteiger partial charge in [-0.05, 0) is 13.8 Å². The summed E-state index contributed by atoms with van der Waals surface area (Å²) in [5, 5.41) is 6.79. The lowest BCUT2D eigenvalue weighted by atomic mass is 10.3. The molecule has 1 aromatic rings. The van der Waals surface area contributed by atoms with Crippen molar-refractivity contribution in [2.45, 2.75) is 26.8 Å². The maximum atomic E-state index is 11.6. The second-order valence-corrected chi connectivity index (χ2v) is 3.22. The van der Waals surface area contributed by atoms with Crippen molar-refractivity contribution < 1.29 is 4.79 Å². The Morgan fingerprint density at radius 1 is 1.69 bits per heavy atom. The van der Waals surface area contributed by atoms with Gasteiger partial charge in [0.15, 0.2) is 5.69 Å². The molecular formula is C11H16N4O. The summed E-state index contributed by atoms with van der Waals surface area (Å²) in [6.45, 7) is 4.91. The van der Waals surface area contributed by atoms with Crippen molar-refractivity contribution in [3.63, 3.8) is 0 Å². The van der Waals surface area contributed by atoms with Gasteiger partial charge in [0.2, 0.25) is 0 Å². The Morgan fingerprint density at radius 3 is 3.00 bits per heavy atom. The van der Waals surface area contributed by atoms with Gasteiger partial charge in [0, 0.05) is 25.7 Å². The summed E-state index contributed by atoms with van der Waals surface area (Å²) in [7, 11) is 0. The summed E-state index contributed by atoms with van der Waals surface area (Å²) in [5.41, 5.74) is 6.36. The van der Waals surface area contributed by atoms with E-state index in [-0.39, 0.29) is 11.6 Å². The molecule has 0 bridgehead atoms. The van der Waals surface area contributed by atoms with Gasteiger partial charge in [-0.3, -0.25) is 9.48 Å². The largest absolute Gasteiger partial charge is 0.396 e. The zero-order chi connectivity index (χ0) is 12.0. The third-order valence-electron chi connectivity index (χ3n) is 2.04. The van der Waals surface area contributed by atoms with Crippen LogP contribution >= 0.6 is 0 Å². The smallest absolute Gasteiger partial charge is 0.273 e. The zero-order valence-corrected chi connectivity index (χ0v) is 9.58. The quantitative estimate of drug-likeness (QED) is 0.577. The highest BCUT2D eigenvalue weighted by molar-refractivity contribution is 5.96. The van der Waals surface area contributed by atoms with Crippen LogP contribution in [0.4, 0.5) is 5.69 Å². The molecule has 0 atom stereocenters. The van der Waals surface area contributed by atoms with Crippen molar-refractivity contribution in [1.82, 2.24) is 15.1 Å². The van der Waals surface area contributed by atoms with Crippen molar-refractivity contribution in [3.8, 4) is 11.8 Å². The van der Waals surface area contributed by atoms with Gasteiger partial charge < -0.3 is 11.1 Å². The van der Waals surface area contributed by atoms with E-state index < -0.39 is 0 Å². The molecule has 3 N–H and O–H groups in total. The van der Waals surface area contributed by atoms with Crippen LogP contribution in [0, 0.1) is 11.8 Å². The third kappa shape index (κ3) is 3.02. The van der Waals surface area contributed by atoms with E-state index in [9.17, 15) is 4.79 Å². The van der Waals surface area contributed by atoms with Crippen molar-refractivity contribution in [3.05, 3.63) is 11.9 Å². The fraction of sp³-hybridized carbons (Fsp3) is 0.455. The third-order valence-corrected chi connectivity index (χ3v) is 2.04. The number of nitrogen functional groups attached to an aromatic ring is 1. The number of aromatic nitrogens is 2.